The van der Waals surface area contributed by atoms with E-state index >= 15 is 0 Å². The van der Waals surface area contributed by atoms with Gasteiger partial charge in [-0.2, -0.15) is 5.26 Å². The van der Waals surface area contributed by atoms with Gasteiger partial charge in [0, 0.05) is 5.92 Å². The maximum atomic E-state index is 14.0. The number of fused-ring (bicyclic) bond motifs is 2. The van der Waals surface area contributed by atoms with Crippen LogP contribution in [0.5, 0.6) is 0 Å². The molecule has 2 aliphatic carbocycles. The van der Waals surface area contributed by atoms with Crippen molar-refractivity contribution in [1.82, 2.24) is 0 Å². The molecule has 0 aromatic rings. The number of rotatable bonds is 55. The van der Waals surface area contributed by atoms with Crippen LogP contribution in [0, 0.1) is 57.7 Å². The average molecular weight is 1120 g/mol. The van der Waals surface area contributed by atoms with E-state index in [0.29, 0.717) is 137 Å². The van der Waals surface area contributed by atoms with Crippen molar-refractivity contribution in [3.05, 3.63) is 0 Å². The molecule has 2 saturated carbocycles. The number of hydrogen-bond donors (Lipinski definition) is 2. The molecule has 2 fully saturated rings. The van der Waals surface area contributed by atoms with E-state index in [1.165, 1.54) is 57.8 Å². The molecule has 2 aliphatic rings. The molecule has 0 radical (unpaired) electrons. The summed E-state index contributed by atoms with van der Waals surface area (Å²) in [6, 6.07) is 2.27. The van der Waals surface area contributed by atoms with Gasteiger partial charge in [-0.1, -0.05) is 85.0 Å². The van der Waals surface area contributed by atoms with E-state index in [9.17, 15) is 29.5 Å². The van der Waals surface area contributed by atoms with Gasteiger partial charge in [-0.3, -0.25) is 19.2 Å². The monoisotopic (exact) mass is 1120 g/mol. The minimum absolute atomic E-state index is 0.00363. The lowest BCUT2D eigenvalue weighted by molar-refractivity contribution is -0.161. The first-order valence-corrected chi connectivity index (χ1v) is 29.8. The Kier molecular flexibility index (Phi) is 41.5. The molecular formula is C59H105NO18. The zero-order valence-electron chi connectivity index (χ0n) is 48.8. The molecule has 2 N–H and O–H groups in total. The van der Waals surface area contributed by atoms with Gasteiger partial charge < -0.3 is 67.1 Å². The SMILES string of the molecule is CCCCCCCCCCCCOC(=O)C(C)(CC(C)C(=O)OCCOCCOCCOCCOCCOCCOCCOCCOCCOCCO)CC(CC(C#N)CC(C)(CC)C(=O)OCC1CC2CCC1C2)C(=O)O. The third-order valence-corrected chi connectivity index (χ3v) is 15.1. The molecule has 8 atom stereocenters. The van der Waals surface area contributed by atoms with Crippen molar-refractivity contribution >= 4 is 23.9 Å². The van der Waals surface area contributed by atoms with E-state index in [0.717, 1.165) is 31.6 Å². The van der Waals surface area contributed by atoms with E-state index in [4.69, 9.17) is 61.9 Å². The number of aliphatic hydroxyl groups is 1. The number of carbonyl (C=O) groups excluding carboxylic acids is 3. The maximum absolute atomic E-state index is 14.0. The summed E-state index contributed by atoms with van der Waals surface area (Å²) in [4.78, 5) is 53.9. The third kappa shape index (κ3) is 33.0. The van der Waals surface area contributed by atoms with Crippen molar-refractivity contribution in [1.29, 1.82) is 5.26 Å². The standard InChI is InChI=1S/C59H105NO18/c1-6-8-9-10-11-12-13-14-15-16-20-77-57(66)59(5,45-52(54(62)63)42-50(46-60)44-58(4,7-2)56(65)78-47-53-41-49-17-18-51(53)40-49)43-48(3)55(64)76-39-38-75-37-36-74-35-34-73-33-32-72-31-30-71-29-28-70-27-26-69-25-24-68-23-22-67-21-19-61/h48-53,61H,6-45,47H2,1-5H3,(H,62,63). The molecule has 0 aromatic carbocycles. The first-order chi connectivity index (χ1) is 37.8. The Balaban J connectivity index is 1.71. The highest BCUT2D eigenvalue weighted by molar-refractivity contribution is 5.80. The van der Waals surface area contributed by atoms with Crippen LogP contribution in [0.2, 0.25) is 0 Å². The molecule has 19 heteroatoms. The maximum Gasteiger partial charge on any atom is 0.311 e. The summed E-state index contributed by atoms with van der Waals surface area (Å²) in [5.74, 6) is -3.68. The van der Waals surface area contributed by atoms with Gasteiger partial charge in [0.1, 0.15) is 6.61 Å². The number of aliphatic carboxylic acids is 1. The van der Waals surface area contributed by atoms with Crippen molar-refractivity contribution in [2.45, 2.75) is 157 Å². The lowest BCUT2D eigenvalue weighted by Gasteiger charge is -2.33. The minimum Gasteiger partial charge on any atom is -0.481 e. The Morgan fingerprint density at radius 1 is 0.538 bits per heavy atom. The summed E-state index contributed by atoms with van der Waals surface area (Å²) < 4.78 is 66.4. The lowest BCUT2D eigenvalue weighted by Crippen LogP contribution is -2.38. The highest BCUT2D eigenvalue weighted by Crippen LogP contribution is 2.48. The predicted octanol–water partition coefficient (Wildman–Crippen LogP) is 8.57. The molecule has 0 aromatic heterocycles. The number of unbranched alkanes of at least 4 members (excludes halogenated alkanes) is 9. The summed E-state index contributed by atoms with van der Waals surface area (Å²) in [5, 5.41) is 29.6. The van der Waals surface area contributed by atoms with Crippen LogP contribution in [-0.4, -0.2) is 179 Å². The Morgan fingerprint density at radius 2 is 0.987 bits per heavy atom. The molecule has 0 saturated heterocycles. The van der Waals surface area contributed by atoms with Crippen LogP contribution in [0.4, 0.5) is 0 Å². The van der Waals surface area contributed by atoms with Crippen LogP contribution in [0.1, 0.15) is 157 Å². The van der Waals surface area contributed by atoms with Crippen LogP contribution in [0.15, 0.2) is 0 Å². The van der Waals surface area contributed by atoms with Crippen LogP contribution >= 0.6 is 0 Å². The van der Waals surface area contributed by atoms with Crippen LogP contribution in [-0.2, 0) is 76.0 Å². The molecule has 0 heterocycles. The van der Waals surface area contributed by atoms with Gasteiger partial charge in [0.25, 0.3) is 0 Å². The van der Waals surface area contributed by atoms with Crippen molar-refractivity contribution in [3.8, 4) is 6.07 Å². The second kappa shape index (κ2) is 45.6. The van der Waals surface area contributed by atoms with Gasteiger partial charge in [-0.25, -0.2) is 0 Å². The zero-order chi connectivity index (χ0) is 57.0. The fraction of sp³-hybridized carbons (Fsp3) is 0.915. The average Bonchev–Trinajstić information content (AvgIpc) is 4.09. The van der Waals surface area contributed by atoms with E-state index in [-0.39, 0.29) is 64.7 Å². The van der Waals surface area contributed by atoms with Gasteiger partial charge >= 0.3 is 23.9 Å². The van der Waals surface area contributed by atoms with Crippen LogP contribution in [0.25, 0.3) is 0 Å². The normalized spacial score (nSPS) is 18.7. The quantitative estimate of drug-likeness (QED) is 0.0329. The number of carbonyl (C=O) groups is 4. The number of hydrogen-bond acceptors (Lipinski definition) is 18. The molecule has 454 valence electrons. The smallest absolute Gasteiger partial charge is 0.311 e. The predicted molar refractivity (Wildman–Crippen MR) is 292 cm³/mol. The molecule has 0 amide bonds. The van der Waals surface area contributed by atoms with Crippen molar-refractivity contribution < 1.29 is 86.2 Å². The molecule has 78 heavy (non-hydrogen) atoms. The molecule has 2 rings (SSSR count). The Labute approximate surface area is 468 Å². The van der Waals surface area contributed by atoms with E-state index in [1.54, 1.807) is 20.8 Å². The zero-order valence-corrected chi connectivity index (χ0v) is 48.8. The molecule has 2 bridgehead atoms. The Bertz CT molecular complexity index is 1580. The Morgan fingerprint density at radius 3 is 1.40 bits per heavy atom. The molecule has 19 nitrogen and oxygen atoms in total. The molecular weight excluding hydrogens is 1010 g/mol. The van der Waals surface area contributed by atoms with Gasteiger partial charge in [0.05, 0.1) is 167 Å². The third-order valence-electron chi connectivity index (χ3n) is 15.1. The lowest BCUT2D eigenvalue weighted by atomic mass is 9.71. The van der Waals surface area contributed by atoms with Crippen LogP contribution in [0.3, 0.4) is 0 Å². The second-order valence-corrected chi connectivity index (χ2v) is 21.8. The van der Waals surface area contributed by atoms with Gasteiger partial charge in [0.2, 0.25) is 0 Å². The number of nitriles is 1. The first-order valence-electron chi connectivity index (χ1n) is 29.8. The summed E-state index contributed by atoms with van der Waals surface area (Å²) in [6.07, 6.45) is 16.2. The summed E-state index contributed by atoms with van der Waals surface area (Å²) >= 11 is 0. The largest absolute Gasteiger partial charge is 0.481 e. The van der Waals surface area contributed by atoms with E-state index in [2.05, 4.69) is 13.0 Å². The molecule has 0 aliphatic heterocycles. The van der Waals surface area contributed by atoms with Gasteiger partial charge in [-0.15, -0.1) is 0 Å². The molecule has 8 unspecified atom stereocenters. The van der Waals surface area contributed by atoms with Crippen molar-refractivity contribution in [3.63, 3.8) is 0 Å². The number of aliphatic hydroxyl groups excluding tert-OH is 1. The number of carboxylic acid groups (broad SMARTS) is 1. The van der Waals surface area contributed by atoms with Crippen molar-refractivity contribution in [2.24, 2.45) is 46.3 Å². The molecule has 0 spiro atoms. The summed E-state index contributed by atoms with van der Waals surface area (Å²) in [5.41, 5.74) is -2.37. The van der Waals surface area contributed by atoms with Gasteiger partial charge in [0.15, 0.2) is 0 Å². The highest BCUT2D eigenvalue weighted by Gasteiger charge is 2.45. The number of carboxylic acids is 1. The fourth-order valence-corrected chi connectivity index (χ4v) is 10.4. The van der Waals surface area contributed by atoms with Crippen LogP contribution < -0.4 is 0 Å². The highest BCUT2D eigenvalue weighted by atomic mass is 16.6. The summed E-state index contributed by atoms with van der Waals surface area (Å²) in [7, 11) is 0. The van der Waals surface area contributed by atoms with E-state index in [1.807, 2.05) is 6.92 Å². The van der Waals surface area contributed by atoms with Gasteiger partial charge in [-0.05, 0) is 89.4 Å². The Hall–Kier alpha value is -3.03. The topological polar surface area (TPSA) is 243 Å². The van der Waals surface area contributed by atoms with Crippen molar-refractivity contribution in [2.75, 3.05) is 145 Å². The second-order valence-electron chi connectivity index (χ2n) is 21.8. The minimum atomic E-state index is -1.39. The first kappa shape index (κ1) is 71.1. The summed E-state index contributed by atoms with van der Waals surface area (Å²) in [6.45, 7) is 16.9. The fourth-order valence-electron chi connectivity index (χ4n) is 10.4. The number of ether oxygens (including phenoxy) is 12. The number of esters is 3. The van der Waals surface area contributed by atoms with E-state index < -0.39 is 46.5 Å². The number of nitrogens with zero attached hydrogens (tertiary/aromatic N) is 1.